The monoisotopic (exact) mass is 414 g/mol. The Balaban J connectivity index is 1.38. The Morgan fingerprint density at radius 1 is 0.806 bits per heavy atom. The Bertz CT molecular complexity index is 1160. The first-order valence-electron chi connectivity index (χ1n) is 9.53. The minimum absolute atomic E-state index is 0.208. The van der Waals surface area contributed by atoms with Crippen LogP contribution < -0.4 is 15.4 Å². The van der Waals surface area contributed by atoms with Crippen molar-refractivity contribution >= 4 is 23.1 Å². The highest BCUT2D eigenvalue weighted by Crippen LogP contribution is 2.20. The van der Waals surface area contributed by atoms with Crippen molar-refractivity contribution in [2.75, 3.05) is 17.7 Å². The van der Waals surface area contributed by atoms with Gasteiger partial charge in [0, 0.05) is 22.5 Å². The molecule has 3 aromatic carbocycles. The van der Waals surface area contributed by atoms with Crippen LogP contribution in [0.25, 0.3) is 11.3 Å². The summed E-state index contributed by atoms with van der Waals surface area (Å²) in [7, 11) is 1.59. The van der Waals surface area contributed by atoms with Crippen molar-refractivity contribution in [1.29, 1.82) is 0 Å². The molecule has 1 amide bonds. The van der Waals surface area contributed by atoms with Crippen LogP contribution >= 0.6 is 0 Å². The van der Waals surface area contributed by atoms with Gasteiger partial charge in [0.05, 0.1) is 12.8 Å². The summed E-state index contributed by atoms with van der Waals surface area (Å²) in [6.07, 6.45) is 0. The molecule has 1 aromatic heterocycles. The molecular weight excluding hydrogens is 395 g/mol. The van der Waals surface area contributed by atoms with Gasteiger partial charge in [-0.15, -0.1) is 10.2 Å². The van der Waals surface area contributed by atoms with Gasteiger partial charge in [0.1, 0.15) is 11.6 Å². The number of aromatic nitrogens is 2. The fourth-order valence-electron chi connectivity index (χ4n) is 2.90. The highest BCUT2D eigenvalue weighted by atomic mass is 19.1. The average molecular weight is 414 g/mol. The minimum atomic E-state index is -0.295. The molecule has 0 aliphatic heterocycles. The number of amides is 1. The first-order valence-corrected chi connectivity index (χ1v) is 9.53. The molecule has 0 unspecified atom stereocenters. The SMILES string of the molecule is COc1ccc(NC(=O)c2ccc(Nc3ccc(-c4ccc(F)cc4)nn3)cc2)cc1. The lowest BCUT2D eigenvalue weighted by Gasteiger charge is -2.08. The Morgan fingerprint density at radius 2 is 1.48 bits per heavy atom. The summed E-state index contributed by atoms with van der Waals surface area (Å²) in [6.45, 7) is 0. The number of methoxy groups -OCH3 is 1. The van der Waals surface area contributed by atoms with E-state index < -0.39 is 0 Å². The van der Waals surface area contributed by atoms with Crippen molar-refractivity contribution in [2.24, 2.45) is 0 Å². The number of benzene rings is 3. The molecule has 0 aliphatic carbocycles. The van der Waals surface area contributed by atoms with Crippen LogP contribution in [0.2, 0.25) is 0 Å². The molecule has 4 aromatic rings. The van der Waals surface area contributed by atoms with Gasteiger partial charge >= 0.3 is 0 Å². The fraction of sp³-hybridized carbons (Fsp3) is 0.0417. The van der Waals surface area contributed by atoms with Crippen molar-refractivity contribution < 1.29 is 13.9 Å². The maximum Gasteiger partial charge on any atom is 0.255 e. The van der Waals surface area contributed by atoms with Gasteiger partial charge in [-0.1, -0.05) is 0 Å². The molecule has 4 rings (SSSR count). The number of nitrogens with zero attached hydrogens (tertiary/aromatic N) is 2. The molecule has 31 heavy (non-hydrogen) atoms. The Hall–Kier alpha value is -4.26. The van der Waals surface area contributed by atoms with E-state index >= 15 is 0 Å². The molecule has 0 bridgehead atoms. The Labute approximate surface area is 178 Å². The first kappa shape index (κ1) is 20.0. The highest BCUT2D eigenvalue weighted by Gasteiger charge is 2.07. The van der Waals surface area contributed by atoms with E-state index in [0.717, 1.165) is 17.0 Å². The molecular formula is C24H19FN4O2. The van der Waals surface area contributed by atoms with Crippen molar-refractivity contribution in [3.63, 3.8) is 0 Å². The molecule has 1 heterocycles. The number of rotatable bonds is 6. The molecule has 0 saturated heterocycles. The second-order valence-electron chi connectivity index (χ2n) is 6.70. The number of anilines is 3. The summed E-state index contributed by atoms with van der Waals surface area (Å²) in [5.74, 6) is 0.778. The summed E-state index contributed by atoms with van der Waals surface area (Å²) in [4.78, 5) is 12.4. The number of hydrogen-bond acceptors (Lipinski definition) is 5. The standard InChI is InChI=1S/C24H19FN4O2/c1-31-21-12-10-20(11-13-21)27-24(30)17-4-8-19(9-5-17)26-23-15-14-22(28-29-23)16-2-6-18(25)7-3-16/h2-15H,1H3,(H,26,29)(H,27,30). The quantitative estimate of drug-likeness (QED) is 0.449. The molecule has 0 fully saturated rings. The minimum Gasteiger partial charge on any atom is -0.497 e. The van der Waals surface area contributed by atoms with Gasteiger partial charge in [-0.3, -0.25) is 4.79 Å². The fourth-order valence-corrected chi connectivity index (χ4v) is 2.90. The van der Waals surface area contributed by atoms with Crippen molar-refractivity contribution in [1.82, 2.24) is 10.2 Å². The van der Waals surface area contributed by atoms with Crippen LogP contribution in [0, 0.1) is 5.82 Å². The van der Waals surface area contributed by atoms with E-state index in [2.05, 4.69) is 20.8 Å². The Morgan fingerprint density at radius 3 is 2.10 bits per heavy atom. The zero-order chi connectivity index (χ0) is 21.6. The highest BCUT2D eigenvalue weighted by molar-refractivity contribution is 6.04. The van der Waals surface area contributed by atoms with Crippen LogP contribution in [0.3, 0.4) is 0 Å². The molecule has 7 heteroatoms. The van der Waals surface area contributed by atoms with E-state index in [1.165, 1.54) is 12.1 Å². The molecule has 0 radical (unpaired) electrons. The van der Waals surface area contributed by atoms with Crippen LogP contribution in [-0.2, 0) is 0 Å². The first-order chi connectivity index (χ1) is 15.1. The third-order valence-corrected chi connectivity index (χ3v) is 4.57. The van der Waals surface area contributed by atoms with E-state index in [9.17, 15) is 9.18 Å². The van der Waals surface area contributed by atoms with E-state index in [1.807, 2.05) is 0 Å². The number of ether oxygens (including phenoxy) is 1. The van der Waals surface area contributed by atoms with Gasteiger partial charge in [0.25, 0.3) is 5.91 Å². The van der Waals surface area contributed by atoms with Gasteiger partial charge in [-0.2, -0.15) is 0 Å². The van der Waals surface area contributed by atoms with Gasteiger partial charge in [-0.05, 0) is 84.9 Å². The summed E-state index contributed by atoms with van der Waals surface area (Å²) >= 11 is 0. The maximum atomic E-state index is 13.0. The lowest BCUT2D eigenvalue weighted by atomic mass is 10.1. The average Bonchev–Trinajstić information content (AvgIpc) is 2.81. The number of nitrogens with one attached hydrogen (secondary N) is 2. The second kappa shape index (κ2) is 9.04. The van der Waals surface area contributed by atoms with Gasteiger partial charge < -0.3 is 15.4 Å². The maximum absolute atomic E-state index is 13.0. The topological polar surface area (TPSA) is 76.1 Å². The Kier molecular flexibility index (Phi) is 5.84. The number of carbonyl (C=O) groups excluding carboxylic acids is 1. The smallest absolute Gasteiger partial charge is 0.255 e. The normalized spacial score (nSPS) is 10.4. The molecule has 0 atom stereocenters. The van der Waals surface area contributed by atoms with Crippen LogP contribution in [0.5, 0.6) is 5.75 Å². The molecule has 0 saturated carbocycles. The van der Waals surface area contributed by atoms with Crippen LogP contribution in [-0.4, -0.2) is 23.2 Å². The van der Waals surface area contributed by atoms with Crippen LogP contribution in [0.15, 0.2) is 84.9 Å². The second-order valence-corrected chi connectivity index (χ2v) is 6.70. The lowest BCUT2D eigenvalue weighted by molar-refractivity contribution is 0.102. The van der Waals surface area contributed by atoms with E-state index in [1.54, 1.807) is 79.9 Å². The van der Waals surface area contributed by atoms with Crippen LogP contribution in [0.1, 0.15) is 10.4 Å². The zero-order valence-electron chi connectivity index (χ0n) is 16.7. The lowest BCUT2D eigenvalue weighted by Crippen LogP contribution is -2.11. The van der Waals surface area contributed by atoms with Gasteiger partial charge in [0.15, 0.2) is 5.82 Å². The number of hydrogen-bond donors (Lipinski definition) is 2. The summed E-state index contributed by atoms with van der Waals surface area (Å²) in [5, 5.41) is 14.3. The third-order valence-electron chi connectivity index (χ3n) is 4.57. The third kappa shape index (κ3) is 5.02. The van der Waals surface area contributed by atoms with Crippen molar-refractivity contribution in [3.05, 3.63) is 96.3 Å². The van der Waals surface area contributed by atoms with E-state index in [4.69, 9.17) is 4.74 Å². The predicted octanol–water partition coefficient (Wildman–Crippen LogP) is 5.29. The zero-order valence-corrected chi connectivity index (χ0v) is 16.7. The summed E-state index contributed by atoms with van der Waals surface area (Å²) in [5.41, 5.74) is 3.41. The summed E-state index contributed by atoms with van der Waals surface area (Å²) in [6, 6.07) is 23.8. The molecule has 0 spiro atoms. The molecule has 0 aliphatic rings. The predicted molar refractivity (Wildman–Crippen MR) is 118 cm³/mol. The van der Waals surface area contributed by atoms with E-state index in [-0.39, 0.29) is 11.7 Å². The molecule has 2 N–H and O–H groups in total. The molecule has 154 valence electrons. The number of carbonyl (C=O) groups is 1. The van der Waals surface area contributed by atoms with Crippen LogP contribution in [0.4, 0.5) is 21.6 Å². The largest absolute Gasteiger partial charge is 0.497 e. The van der Waals surface area contributed by atoms with E-state index in [0.29, 0.717) is 22.8 Å². The van der Waals surface area contributed by atoms with Gasteiger partial charge in [0.2, 0.25) is 0 Å². The van der Waals surface area contributed by atoms with Crippen molar-refractivity contribution in [2.45, 2.75) is 0 Å². The summed E-state index contributed by atoms with van der Waals surface area (Å²) < 4.78 is 18.2. The van der Waals surface area contributed by atoms with Gasteiger partial charge in [-0.25, -0.2) is 4.39 Å². The van der Waals surface area contributed by atoms with Crippen molar-refractivity contribution in [3.8, 4) is 17.0 Å². The number of halogens is 1. The molecule has 6 nitrogen and oxygen atoms in total.